The monoisotopic (exact) mass is 338 g/mol. The Labute approximate surface area is 148 Å². The van der Waals surface area contributed by atoms with Crippen LogP contribution in [0.15, 0.2) is 0 Å². The average molecular weight is 339 g/mol. The van der Waals surface area contributed by atoms with E-state index < -0.39 is 5.79 Å². The summed E-state index contributed by atoms with van der Waals surface area (Å²) in [5, 5.41) is 10.1. The Kier molecular flexibility index (Phi) is 5.64. The molecule has 24 heavy (non-hydrogen) atoms. The molecule has 1 heterocycles. The summed E-state index contributed by atoms with van der Waals surface area (Å²) in [5.74, 6) is 2.63. The lowest BCUT2D eigenvalue weighted by atomic mass is 9.57. The Morgan fingerprint density at radius 2 is 1.75 bits per heavy atom. The molecule has 0 aromatic heterocycles. The molecule has 1 saturated heterocycles. The van der Waals surface area contributed by atoms with Crippen molar-refractivity contribution in [3.8, 4) is 0 Å². The first kappa shape index (κ1) is 18.7. The molecule has 3 nitrogen and oxygen atoms in total. The maximum atomic E-state index is 10.1. The van der Waals surface area contributed by atoms with Gasteiger partial charge in [0.15, 0.2) is 5.79 Å². The molecule has 5 atom stereocenters. The van der Waals surface area contributed by atoms with Crippen LogP contribution in [0.1, 0.15) is 72.6 Å². The van der Waals surface area contributed by atoms with Gasteiger partial charge in [-0.15, -0.1) is 0 Å². The van der Waals surface area contributed by atoms with Crippen LogP contribution in [0.25, 0.3) is 0 Å². The highest BCUT2D eigenvalue weighted by atomic mass is 16.7. The van der Waals surface area contributed by atoms with Crippen molar-refractivity contribution in [2.75, 3.05) is 19.8 Å². The van der Waals surface area contributed by atoms with Gasteiger partial charge in [0.25, 0.3) is 0 Å². The molecule has 2 aliphatic carbocycles. The molecule has 1 N–H and O–H groups in total. The minimum atomic E-state index is -0.477. The molecule has 0 bridgehead atoms. The smallest absolute Gasteiger partial charge is 0.173 e. The van der Waals surface area contributed by atoms with E-state index in [1.807, 2.05) is 0 Å². The van der Waals surface area contributed by atoms with Crippen molar-refractivity contribution >= 4 is 0 Å². The summed E-state index contributed by atoms with van der Waals surface area (Å²) >= 11 is 0. The zero-order chi connectivity index (χ0) is 17.4. The molecule has 3 fully saturated rings. The number of ether oxygens (including phenoxy) is 2. The molecule has 3 heteroatoms. The average Bonchev–Trinajstić information content (AvgIpc) is 3.13. The van der Waals surface area contributed by atoms with Crippen LogP contribution in [0.3, 0.4) is 0 Å². The van der Waals surface area contributed by atoms with E-state index in [2.05, 4.69) is 27.7 Å². The van der Waals surface area contributed by atoms with Gasteiger partial charge in [-0.25, -0.2) is 0 Å². The van der Waals surface area contributed by atoms with Crippen molar-refractivity contribution < 1.29 is 14.6 Å². The van der Waals surface area contributed by atoms with Crippen molar-refractivity contribution in [1.29, 1.82) is 0 Å². The molecule has 0 aromatic rings. The number of fused-ring (bicyclic) bond motifs is 1. The molecular formula is C21H38O3. The fourth-order valence-corrected chi connectivity index (χ4v) is 6.34. The standard InChI is InChI=1S/C21H38O3/c1-15(2)6-5-7-16(3)17-8-9-18-19(14-22)21(23-12-13-24-21)11-10-20(17,18)4/h15-19,22H,5-14H2,1-4H3/t16-,17-,18+,19+,20-/m0/s1. The van der Waals surface area contributed by atoms with Gasteiger partial charge < -0.3 is 14.6 Å². The van der Waals surface area contributed by atoms with Crippen LogP contribution in [-0.2, 0) is 9.47 Å². The second-order valence-corrected chi connectivity index (χ2v) is 9.40. The molecule has 140 valence electrons. The molecule has 1 spiro atoms. The van der Waals surface area contributed by atoms with E-state index in [4.69, 9.17) is 9.47 Å². The number of hydrogen-bond acceptors (Lipinski definition) is 3. The Hall–Kier alpha value is -0.120. The molecule has 0 unspecified atom stereocenters. The van der Waals surface area contributed by atoms with Crippen molar-refractivity contribution in [2.24, 2.45) is 35.0 Å². The predicted molar refractivity (Wildman–Crippen MR) is 96.6 cm³/mol. The Balaban J connectivity index is 1.69. The lowest BCUT2D eigenvalue weighted by Gasteiger charge is -2.52. The van der Waals surface area contributed by atoms with Gasteiger partial charge in [-0.1, -0.05) is 47.0 Å². The SMILES string of the molecule is CC(C)CCC[C@H](C)[C@@H]1CC[C@@H]2[C@@H](CO)C3(CC[C@]21C)OCCO3. The molecule has 3 rings (SSSR count). The van der Waals surface area contributed by atoms with Gasteiger partial charge in [-0.2, -0.15) is 0 Å². The quantitative estimate of drug-likeness (QED) is 0.767. The minimum Gasteiger partial charge on any atom is -0.396 e. The Morgan fingerprint density at radius 1 is 1.04 bits per heavy atom. The molecule has 2 saturated carbocycles. The lowest BCUT2D eigenvalue weighted by molar-refractivity contribution is -0.253. The third kappa shape index (κ3) is 3.17. The molecule has 0 aromatic carbocycles. The Morgan fingerprint density at radius 3 is 2.38 bits per heavy atom. The first-order valence-corrected chi connectivity index (χ1v) is 10.3. The number of aliphatic hydroxyl groups is 1. The zero-order valence-corrected chi connectivity index (χ0v) is 16.2. The third-order valence-corrected chi connectivity index (χ3v) is 7.65. The summed E-state index contributed by atoms with van der Waals surface area (Å²) in [7, 11) is 0. The third-order valence-electron chi connectivity index (χ3n) is 7.65. The maximum absolute atomic E-state index is 10.1. The van der Waals surface area contributed by atoms with Crippen LogP contribution in [0.4, 0.5) is 0 Å². The summed E-state index contributed by atoms with van der Waals surface area (Å²) in [6.07, 6.45) is 8.75. The maximum Gasteiger partial charge on any atom is 0.173 e. The highest BCUT2D eigenvalue weighted by Crippen LogP contribution is 2.63. The van der Waals surface area contributed by atoms with E-state index in [1.54, 1.807) is 0 Å². The summed E-state index contributed by atoms with van der Waals surface area (Å²) in [6.45, 7) is 11.2. The lowest BCUT2D eigenvalue weighted by Crippen LogP contribution is -2.54. The van der Waals surface area contributed by atoms with E-state index in [0.717, 1.165) is 24.2 Å². The predicted octanol–water partition coefficient (Wildman–Crippen LogP) is 4.63. The van der Waals surface area contributed by atoms with Gasteiger partial charge in [0.2, 0.25) is 0 Å². The van der Waals surface area contributed by atoms with E-state index in [-0.39, 0.29) is 12.5 Å². The largest absolute Gasteiger partial charge is 0.396 e. The van der Waals surface area contributed by atoms with E-state index in [9.17, 15) is 5.11 Å². The van der Waals surface area contributed by atoms with E-state index in [0.29, 0.717) is 24.5 Å². The van der Waals surface area contributed by atoms with Gasteiger partial charge >= 0.3 is 0 Å². The summed E-state index contributed by atoms with van der Waals surface area (Å²) in [5.41, 5.74) is 0.352. The van der Waals surface area contributed by atoms with Crippen LogP contribution in [0.5, 0.6) is 0 Å². The number of rotatable bonds is 6. The van der Waals surface area contributed by atoms with Gasteiger partial charge in [0, 0.05) is 12.3 Å². The zero-order valence-electron chi connectivity index (χ0n) is 16.2. The van der Waals surface area contributed by atoms with Crippen LogP contribution in [0, 0.1) is 35.0 Å². The molecule has 1 aliphatic heterocycles. The normalized spacial score (nSPS) is 39.5. The number of hydrogen-bond donors (Lipinski definition) is 1. The first-order valence-electron chi connectivity index (χ1n) is 10.3. The second kappa shape index (κ2) is 7.25. The molecular weight excluding hydrogens is 300 g/mol. The number of aliphatic hydroxyl groups excluding tert-OH is 1. The molecule has 0 radical (unpaired) electrons. The van der Waals surface area contributed by atoms with Crippen LogP contribution < -0.4 is 0 Å². The summed E-state index contributed by atoms with van der Waals surface area (Å²) in [4.78, 5) is 0. The van der Waals surface area contributed by atoms with Crippen LogP contribution in [0.2, 0.25) is 0 Å². The second-order valence-electron chi connectivity index (χ2n) is 9.40. The van der Waals surface area contributed by atoms with E-state index >= 15 is 0 Å². The highest BCUT2D eigenvalue weighted by Gasteiger charge is 2.61. The van der Waals surface area contributed by atoms with E-state index in [1.165, 1.54) is 38.5 Å². The summed E-state index contributed by atoms with van der Waals surface area (Å²) in [6, 6.07) is 0. The van der Waals surface area contributed by atoms with Gasteiger partial charge in [0.1, 0.15) is 0 Å². The minimum absolute atomic E-state index is 0.159. The van der Waals surface area contributed by atoms with Crippen LogP contribution in [-0.4, -0.2) is 30.7 Å². The fraction of sp³-hybridized carbons (Fsp3) is 1.00. The van der Waals surface area contributed by atoms with Crippen molar-refractivity contribution in [2.45, 2.75) is 78.4 Å². The van der Waals surface area contributed by atoms with Crippen molar-refractivity contribution in [1.82, 2.24) is 0 Å². The van der Waals surface area contributed by atoms with Crippen molar-refractivity contribution in [3.05, 3.63) is 0 Å². The topological polar surface area (TPSA) is 38.7 Å². The molecule has 3 aliphatic rings. The van der Waals surface area contributed by atoms with Gasteiger partial charge in [-0.05, 0) is 48.3 Å². The highest BCUT2D eigenvalue weighted by molar-refractivity contribution is 5.06. The van der Waals surface area contributed by atoms with Crippen LogP contribution >= 0.6 is 0 Å². The Bertz CT molecular complexity index is 415. The van der Waals surface area contributed by atoms with Gasteiger partial charge in [-0.3, -0.25) is 0 Å². The summed E-state index contributed by atoms with van der Waals surface area (Å²) < 4.78 is 12.1. The fourth-order valence-electron chi connectivity index (χ4n) is 6.34. The first-order chi connectivity index (χ1) is 11.4. The van der Waals surface area contributed by atoms with Crippen molar-refractivity contribution in [3.63, 3.8) is 0 Å². The molecule has 0 amide bonds. The van der Waals surface area contributed by atoms with Gasteiger partial charge in [0.05, 0.1) is 19.8 Å².